The van der Waals surface area contributed by atoms with Gasteiger partial charge < -0.3 is 14.8 Å². The van der Waals surface area contributed by atoms with Gasteiger partial charge in [-0.05, 0) is 50.9 Å². The SMILES string of the molecule is CCOc1cc(CNCC(C)C)c(Br)cc1OC(C)C. The van der Waals surface area contributed by atoms with Gasteiger partial charge in [-0.25, -0.2) is 0 Å². The van der Waals surface area contributed by atoms with Crippen molar-refractivity contribution < 1.29 is 9.47 Å². The molecule has 0 aliphatic carbocycles. The highest BCUT2D eigenvalue weighted by Crippen LogP contribution is 2.34. The molecule has 0 amide bonds. The van der Waals surface area contributed by atoms with E-state index in [-0.39, 0.29) is 6.10 Å². The lowest BCUT2D eigenvalue weighted by Gasteiger charge is -2.17. The van der Waals surface area contributed by atoms with E-state index in [4.69, 9.17) is 9.47 Å². The molecule has 4 heteroatoms. The maximum atomic E-state index is 5.80. The molecule has 0 radical (unpaired) electrons. The Hall–Kier alpha value is -0.740. The van der Waals surface area contributed by atoms with Crippen LogP contribution in [0, 0.1) is 5.92 Å². The van der Waals surface area contributed by atoms with Crippen LogP contribution in [0.2, 0.25) is 0 Å². The average Bonchev–Trinajstić information content (AvgIpc) is 2.33. The van der Waals surface area contributed by atoms with Crippen molar-refractivity contribution in [3.05, 3.63) is 22.2 Å². The largest absolute Gasteiger partial charge is 0.490 e. The molecule has 0 fully saturated rings. The van der Waals surface area contributed by atoms with Crippen LogP contribution in [-0.4, -0.2) is 19.3 Å². The second-order valence-corrected chi connectivity index (χ2v) is 6.37. The van der Waals surface area contributed by atoms with Crippen LogP contribution in [-0.2, 0) is 6.54 Å². The minimum atomic E-state index is 0.131. The van der Waals surface area contributed by atoms with Crippen LogP contribution < -0.4 is 14.8 Å². The van der Waals surface area contributed by atoms with E-state index in [1.807, 2.05) is 26.8 Å². The van der Waals surface area contributed by atoms with Crippen molar-refractivity contribution in [1.29, 1.82) is 0 Å². The van der Waals surface area contributed by atoms with Gasteiger partial charge in [-0.3, -0.25) is 0 Å². The lowest BCUT2D eigenvalue weighted by Crippen LogP contribution is -2.19. The first-order valence-electron chi connectivity index (χ1n) is 7.26. The van der Waals surface area contributed by atoms with E-state index in [1.54, 1.807) is 0 Å². The predicted octanol–water partition coefficient (Wildman–Crippen LogP) is 4.38. The Morgan fingerprint density at radius 3 is 2.40 bits per heavy atom. The normalized spacial score (nSPS) is 11.2. The fourth-order valence-corrected chi connectivity index (χ4v) is 2.29. The molecule has 0 unspecified atom stereocenters. The Balaban J connectivity index is 2.88. The smallest absolute Gasteiger partial charge is 0.162 e. The second kappa shape index (κ2) is 8.53. The van der Waals surface area contributed by atoms with Crippen molar-refractivity contribution >= 4 is 15.9 Å². The summed E-state index contributed by atoms with van der Waals surface area (Å²) in [6.45, 7) is 12.9. The van der Waals surface area contributed by atoms with Crippen molar-refractivity contribution in [3.63, 3.8) is 0 Å². The molecule has 0 spiro atoms. The number of benzene rings is 1. The Kier molecular flexibility index (Phi) is 7.38. The first-order chi connectivity index (χ1) is 9.43. The van der Waals surface area contributed by atoms with Crippen LogP contribution in [0.25, 0.3) is 0 Å². The van der Waals surface area contributed by atoms with E-state index >= 15 is 0 Å². The standard InChI is InChI=1S/C16H26BrNO2/c1-6-19-15-7-13(10-18-9-11(2)3)14(17)8-16(15)20-12(4)5/h7-8,11-12,18H,6,9-10H2,1-5H3. The summed E-state index contributed by atoms with van der Waals surface area (Å²) in [6.07, 6.45) is 0.131. The highest BCUT2D eigenvalue weighted by atomic mass is 79.9. The van der Waals surface area contributed by atoms with Crippen LogP contribution >= 0.6 is 15.9 Å². The molecule has 0 aromatic heterocycles. The van der Waals surface area contributed by atoms with Gasteiger partial charge in [0.15, 0.2) is 11.5 Å². The maximum absolute atomic E-state index is 5.80. The maximum Gasteiger partial charge on any atom is 0.162 e. The van der Waals surface area contributed by atoms with Crippen LogP contribution in [0.1, 0.15) is 40.2 Å². The van der Waals surface area contributed by atoms with Gasteiger partial charge in [-0.2, -0.15) is 0 Å². The molecule has 114 valence electrons. The third-order valence-electron chi connectivity index (χ3n) is 2.64. The number of nitrogens with one attached hydrogen (secondary N) is 1. The van der Waals surface area contributed by atoms with Gasteiger partial charge in [-0.1, -0.05) is 29.8 Å². The Morgan fingerprint density at radius 1 is 1.15 bits per heavy atom. The summed E-state index contributed by atoms with van der Waals surface area (Å²) in [5, 5.41) is 3.45. The third-order valence-corrected chi connectivity index (χ3v) is 3.38. The molecule has 1 N–H and O–H groups in total. The van der Waals surface area contributed by atoms with Crippen LogP contribution in [0.15, 0.2) is 16.6 Å². The second-order valence-electron chi connectivity index (χ2n) is 5.51. The van der Waals surface area contributed by atoms with Crippen molar-refractivity contribution in [3.8, 4) is 11.5 Å². The monoisotopic (exact) mass is 343 g/mol. The number of halogens is 1. The number of rotatable bonds is 8. The van der Waals surface area contributed by atoms with Crippen LogP contribution in [0.4, 0.5) is 0 Å². The van der Waals surface area contributed by atoms with Gasteiger partial charge in [0.05, 0.1) is 12.7 Å². The summed E-state index contributed by atoms with van der Waals surface area (Å²) in [5.41, 5.74) is 1.19. The van der Waals surface area contributed by atoms with Gasteiger partial charge in [0, 0.05) is 11.0 Å². The molecule has 0 bridgehead atoms. The minimum absolute atomic E-state index is 0.131. The summed E-state index contributed by atoms with van der Waals surface area (Å²) in [4.78, 5) is 0. The predicted molar refractivity (Wildman–Crippen MR) is 87.6 cm³/mol. The highest BCUT2D eigenvalue weighted by molar-refractivity contribution is 9.10. The zero-order chi connectivity index (χ0) is 15.1. The summed E-state index contributed by atoms with van der Waals surface area (Å²) in [7, 11) is 0. The quantitative estimate of drug-likeness (QED) is 0.759. The van der Waals surface area contributed by atoms with E-state index in [1.165, 1.54) is 5.56 Å². The van der Waals surface area contributed by atoms with Crippen molar-refractivity contribution in [1.82, 2.24) is 5.32 Å². The Bertz CT molecular complexity index is 419. The van der Waals surface area contributed by atoms with Gasteiger partial charge >= 0.3 is 0 Å². The average molecular weight is 344 g/mol. The van der Waals surface area contributed by atoms with E-state index in [0.29, 0.717) is 12.5 Å². The van der Waals surface area contributed by atoms with Crippen molar-refractivity contribution in [2.75, 3.05) is 13.2 Å². The molecule has 1 rings (SSSR count). The Labute approximate surface area is 131 Å². The van der Waals surface area contributed by atoms with Gasteiger partial charge in [0.2, 0.25) is 0 Å². The lowest BCUT2D eigenvalue weighted by molar-refractivity contribution is 0.223. The first kappa shape index (κ1) is 17.3. The van der Waals surface area contributed by atoms with E-state index in [0.717, 1.165) is 29.1 Å². The molecule has 0 saturated heterocycles. The molecule has 0 atom stereocenters. The van der Waals surface area contributed by atoms with Gasteiger partial charge in [0.25, 0.3) is 0 Å². The number of hydrogen-bond acceptors (Lipinski definition) is 3. The van der Waals surface area contributed by atoms with Crippen LogP contribution in [0.5, 0.6) is 11.5 Å². The van der Waals surface area contributed by atoms with Gasteiger partial charge in [-0.15, -0.1) is 0 Å². The van der Waals surface area contributed by atoms with E-state index in [2.05, 4.69) is 41.2 Å². The molecule has 3 nitrogen and oxygen atoms in total. The topological polar surface area (TPSA) is 30.5 Å². The fourth-order valence-electron chi connectivity index (χ4n) is 1.82. The Morgan fingerprint density at radius 2 is 1.85 bits per heavy atom. The lowest BCUT2D eigenvalue weighted by atomic mass is 10.1. The number of ether oxygens (including phenoxy) is 2. The third kappa shape index (κ3) is 5.71. The van der Waals surface area contributed by atoms with Crippen molar-refractivity contribution in [2.24, 2.45) is 5.92 Å². The van der Waals surface area contributed by atoms with E-state index < -0.39 is 0 Å². The highest BCUT2D eigenvalue weighted by Gasteiger charge is 2.12. The molecule has 1 aromatic rings. The zero-order valence-corrected chi connectivity index (χ0v) is 14.7. The molecule has 0 heterocycles. The minimum Gasteiger partial charge on any atom is -0.490 e. The van der Waals surface area contributed by atoms with Crippen molar-refractivity contribution in [2.45, 2.75) is 47.3 Å². The number of hydrogen-bond donors (Lipinski definition) is 1. The molecular formula is C16H26BrNO2. The van der Waals surface area contributed by atoms with Gasteiger partial charge in [0.1, 0.15) is 0 Å². The zero-order valence-electron chi connectivity index (χ0n) is 13.1. The summed E-state index contributed by atoms with van der Waals surface area (Å²) in [5.74, 6) is 2.25. The molecule has 1 aromatic carbocycles. The molecule has 0 saturated carbocycles. The molecule has 20 heavy (non-hydrogen) atoms. The van der Waals surface area contributed by atoms with E-state index in [9.17, 15) is 0 Å². The first-order valence-corrected chi connectivity index (χ1v) is 8.05. The molecule has 0 aliphatic heterocycles. The molecule has 0 aliphatic rings. The molecular weight excluding hydrogens is 318 g/mol. The van der Waals surface area contributed by atoms with Crippen LogP contribution in [0.3, 0.4) is 0 Å². The summed E-state index contributed by atoms with van der Waals surface area (Å²) >= 11 is 3.61. The summed E-state index contributed by atoms with van der Waals surface area (Å²) in [6, 6.07) is 4.05. The fraction of sp³-hybridized carbons (Fsp3) is 0.625. The summed E-state index contributed by atoms with van der Waals surface area (Å²) < 4.78 is 12.5.